The normalized spacial score (nSPS) is 19.1. The van der Waals surface area contributed by atoms with Gasteiger partial charge in [-0.1, -0.05) is 23.0 Å². The summed E-state index contributed by atoms with van der Waals surface area (Å²) in [5, 5.41) is 28.2. The molecule has 14 nitrogen and oxygen atoms in total. The quantitative estimate of drug-likeness (QED) is 0.0809. The molecule has 1 fully saturated rings. The molecule has 0 bridgehead atoms. The number of carboxylic acids is 1. The number of allylic oxidation sites excluding steroid dienone is 1. The van der Waals surface area contributed by atoms with Crippen LogP contribution in [0.25, 0.3) is 0 Å². The molecule has 194 valence electrons. The number of hydrogen-bond acceptors (Lipinski definition) is 12. The minimum Gasteiger partial charge on any atom is -0.477 e. The Hall–Kier alpha value is -3.70. The van der Waals surface area contributed by atoms with Gasteiger partial charge >= 0.3 is 5.97 Å². The second kappa shape index (κ2) is 11.6. The van der Waals surface area contributed by atoms with Gasteiger partial charge in [0.2, 0.25) is 6.41 Å². The summed E-state index contributed by atoms with van der Waals surface area (Å²) in [5.74, 6) is -1.88. The Morgan fingerprint density at radius 1 is 1.46 bits per heavy atom. The van der Waals surface area contributed by atoms with Gasteiger partial charge in [-0.15, -0.1) is 39.9 Å². The summed E-state index contributed by atoms with van der Waals surface area (Å²) in [7, 11) is 1.25. The number of hydrogen-bond donors (Lipinski definition) is 3. The Labute approximate surface area is 222 Å². The van der Waals surface area contributed by atoms with Crippen molar-refractivity contribution in [2.75, 3.05) is 23.9 Å². The average Bonchev–Trinajstić information content (AvgIpc) is 3.53. The van der Waals surface area contributed by atoms with Crippen LogP contribution in [0, 0.1) is 0 Å². The maximum Gasteiger partial charge on any atom is 0.352 e. The summed E-state index contributed by atoms with van der Waals surface area (Å²) in [6, 6.07) is -0.968. The van der Waals surface area contributed by atoms with Gasteiger partial charge in [-0.3, -0.25) is 19.3 Å². The van der Waals surface area contributed by atoms with Crippen molar-refractivity contribution >= 4 is 69.9 Å². The summed E-state index contributed by atoms with van der Waals surface area (Å²) in [6.07, 6.45) is 3.70. The number of anilines is 1. The van der Waals surface area contributed by atoms with Gasteiger partial charge in [-0.25, -0.2) is 9.78 Å². The molecule has 2 aliphatic rings. The second-order valence-electron chi connectivity index (χ2n) is 7.38. The van der Waals surface area contributed by atoms with E-state index in [1.165, 1.54) is 40.9 Å². The molecule has 3 N–H and O–H groups in total. The molecule has 0 radical (unpaired) electrons. The van der Waals surface area contributed by atoms with E-state index in [0.717, 1.165) is 11.3 Å². The van der Waals surface area contributed by atoms with Crippen molar-refractivity contribution in [3.8, 4) is 0 Å². The SMILES string of the molecule is C=CCn1cnnc1SCC1=C(C(=O)O)N2C(=O)C(NC(=O)C(=NOC)c3csc(NC=O)n3)[C@@H]2SC1. The number of thiazole rings is 1. The number of oxime groups is 1. The van der Waals surface area contributed by atoms with E-state index in [0.29, 0.717) is 35.2 Å². The molecule has 2 atom stereocenters. The Bertz CT molecular complexity index is 1300. The number of aromatic nitrogens is 4. The second-order valence-corrected chi connectivity index (χ2v) is 10.3. The lowest BCUT2D eigenvalue weighted by Gasteiger charge is -2.49. The van der Waals surface area contributed by atoms with E-state index in [1.54, 1.807) is 17.0 Å². The van der Waals surface area contributed by atoms with Gasteiger partial charge in [0.1, 0.15) is 36.2 Å². The Balaban J connectivity index is 1.48. The summed E-state index contributed by atoms with van der Waals surface area (Å²) in [6.45, 7) is 4.19. The highest BCUT2D eigenvalue weighted by Crippen LogP contribution is 2.41. The van der Waals surface area contributed by atoms with E-state index in [-0.39, 0.29) is 22.2 Å². The molecule has 37 heavy (non-hydrogen) atoms. The third-order valence-electron chi connectivity index (χ3n) is 5.14. The van der Waals surface area contributed by atoms with Gasteiger partial charge in [0, 0.05) is 23.4 Å². The van der Waals surface area contributed by atoms with Gasteiger partial charge in [0.05, 0.1) is 0 Å². The third kappa shape index (κ3) is 5.37. The number of nitrogens with one attached hydrogen (secondary N) is 2. The lowest BCUT2D eigenvalue weighted by molar-refractivity contribution is -0.150. The molecule has 0 aliphatic carbocycles. The zero-order valence-electron chi connectivity index (χ0n) is 19.2. The number of β-lactam (4-membered cyclic amide) rings is 1. The van der Waals surface area contributed by atoms with Crippen LogP contribution in [0.15, 0.2) is 45.9 Å². The predicted molar refractivity (Wildman–Crippen MR) is 136 cm³/mol. The minimum atomic E-state index is -1.23. The summed E-state index contributed by atoms with van der Waals surface area (Å²) in [4.78, 5) is 58.7. The number of aliphatic carboxylic acids is 1. The monoisotopic (exact) mass is 564 g/mol. The lowest BCUT2D eigenvalue weighted by atomic mass is 10.0. The molecule has 2 aromatic rings. The maximum absolute atomic E-state index is 13.0. The Kier molecular flexibility index (Phi) is 8.24. The molecule has 0 saturated carbocycles. The van der Waals surface area contributed by atoms with Crippen LogP contribution in [0.3, 0.4) is 0 Å². The van der Waals surface area contributed by atoms with Crippen LogP contribution in [0.5, 0.6) is 0 Å². The molecule has 0 aromatic carbocycles. The summed E-state index contributed by atoms with van der Waals surface area (Å²) in [5.41, 5.74) is 0.406. The molecule has 3 amide bonds. The van der Waals surface area contributed by atoms with Crippen LogP contribution in [0.1, 0.15) is 5.69 Å². The molecule has 1 saturated heterocycles. The fourth-order valence-electron chi connectivity index (χ4n) is 3.57. The van der Waals surface area contributed by atoms with E-state index in [9.17, 15) is 24.3 Å². The van der Waals surface area contributed by atoms with E-state index in [2.05, 4.69) is 37.5 Å². The molecule has 17 heteroatoms. The fraction of sp³-hybridized carbons (Fsp3) is 0.300. The Morgan fingerprint density at radius 2 is 2.27 bits per heavy atom. The van der Waals surface area contributed by atoms with E-state index in [1.807, 2.05) is 0 Å². The van der Waals surface area contributed by atoms with Crippen LogP contribution in [-0.4, -0.2) is 89.7 Å². The number of fused-ring (bicyclic) bond motifs is 1. The van der Waals surface area contributed by atoms with E-state index < -0.39 is 29.2 Å². The molecule has 1 unspecified atom stereocenters. The number of rotatable bonds is 12. The molecule has 2 aromatic heterocycles. The highest BCUT2D eigenvalue weighted by Gasteiger charge is 2.54. The summed E-state index contributed by atoms with van der Waals surface area (Å²) >= 11 is 3.73. The first kappa shape index (κ1) is 26.4. The first-order valence-corrected chi connectivity index (χ1v) is 13.4. The molecule has 2 aliphatic heterocycles. The zero-order valence-corrected chi connectivity index (χ0v) is 21.6. The van der Waals surface area contributed by atoms with E-state index >= 15 is 0 Å². The predicted octanol–water partition coefficient (Wildman–Crippen LogP) is 0.370. The van der Waals surface area contributed by atoms with Crippen LogP contribution in [0.2, 0.25) is 0 Å². The van der Waals surface area contributed by atoms with Crippen molar-refractivity contribution < 1.29 is 29.1 Å². The van der Waals surface area contributed by atoms with Crippen molar-refractivity contribution in [3.05, 3.63) is 41.3 Å². The van der Waals surface area contributed by atoms with Gasteiger partial charge < -0.3 is 25.1 Å². The zero-order chi connectivity index (χ0) is 26.5. The van der Waals surface area contributed by atoms with Crippen LogP contribution < -0.4 is 10.6 Å². The number of amides is 3. The van der Waals surface area contributed by atoms with Crippen LogP contribution in [0.4, 0.5) is 5.13 Å². The van der Waals surface area contributed by atoms with E-state index in [4.69, 9.17) is 4.84 Å². The lowest BCUT2D eigenvalue weighted by Crippen LogP contribution is -2.71. The van der Waals surface area contributed by atoms with Crippen LogP contribution >= 0.6 is 34.9 Å². The van der Waals surface area contributed by atoms with Gasteiger partial charge in [-0.2, -0.15) is 0 Å². The average molecular weight is 565 g/mol. The number of thioether (sulfide) groups is 2. The molecule has 4 rings (SSSR count). The fourth-order valence-corrected chi connectivity index (χ4v) is 6.64. The van der Waals surface area contributed by atoms with Crippen LogP contribution in [-0.2, 0) is 30.6 Å². The molecule has 0 spiro atoms. The largest absolute Gasteiger partial charge is 0.477 e. The molecular weight excluding hydrogens is 544 g/mol. The molecule has 4 heterocycles. The van der Waals surface area contributed by atoms with Crippen molar-refractivity contribution in [1.29, 1.82) is 0 Å². The topological polar surface area (TPSA) is 181 Å². The molecular formula is C20H20N8O6S3. The Morgan fingerprint density at radius 3 is 2.97 bits per heavy atom. The van der Waals surface area contributed by atoms with Gasteiger partial charge in [0.25, 0.3) is 11.8 Å². The van der Waals surface area contributed by atoms with Crippen molar-refractivity contribution in [2.45, 2.75) is 23.1 Å². The number of carbonyl (C=O) groups excluding carboxylic acids is 3. The van der Waals surface area contributed by atoms with Crippen molar-refractivity contribution in [2.24, 2.45) is 5.16 Å². The first-order valence-electron chi connectivity index (χ1n) is 10.5. The third-order valence-corrected chi connectivity index (χ3v) is 8.32. The smallest absolute Gasteiger partial charge is 0.352 e. The van der Waals surface area contributed by atoms with Gasteiger partial charge in [-0.05, 0) is 5.57 Å². The number of carboxylic acid groups (broad SMARTS) is 1. The standard InChI is InChI=1S/C20H20N8O6S3/c1-3-4-27-8-22-25-20(27)37-6-10-5-35-17-13(16(31)28(17)14(10)18(32)33)24-15(30)12(26-34-2)11-7-36-19(23-11)21-9-29/h3,7-9,13,17H,1,4-6H2,2H3,(H,24,30)(H,32,33)(H,21,23,29)/t13?,17-/m0/s1. The summed E-state index contributed by atoms with van der Waals surface area (Å²) < 4.78 is 1.78. The van der Waals surface area contributed by atoms with Gasteiger partial charge in [0.15, 0.2) is 16.0 Å². The number of nitrogens with zero attached hydrogens (tertiary/aromatic N) is 6. The highest BCUT2D eigenvalue weighted by molar-refractivity contribution is 8.01. The minimum absolute atomic E-state index is 0.101. The maximum atomic E-state index is 13.0. The van der Waals surface area contributed by atoms with Crippen molar-refractivity contribution in [3.63, 3.8) is 0 Å². The van der Waals surface area contributed by atoms with Crippen molar-refractivity contribution in [1.82, 2.24) is 30.0 Å². The number of carbonyl (C=O) groups is 4. The first-order chi connectivity index (χ1) is 17.9. The highest BCUT2D eigenvalue weighted by atomic mass is 32.2.